The van der Waals surface area contributed by atoms with Crippen molar-refractivity contribution >= 4 is 21.8 Å². The van der Waals surface area contributed by atoms with Gasteiger partial charge in [-0.1, -0.05) is 12.1 Å². The highest BCUT2D eigenvalue weighted by Gasteiger charge is 2.28. The molecule has 0 radical (unpaired) electrons. The van der Waals surface area contributed by atoms with Crippen LogP contribution in [0.15, 0.2) is 47.1 Å². The molecule has 2 aromatic rings. The first-order valence-electron chi connectivity index (χ1n) is 7.98. The summed E-state index contributed by atoms with van der Waals surface area (Å²) in [5, 5.41) is 0. The Kier molecular flexibility index (Phi) is 5.75. The number of hydrogen-bond donors (Lipinski definition) is 0. The third-order valence-corrected chi connectivity index (χ3v) is 4.52. The molecule has 2 heterocycles. The summed E-state index contributed by atoms with van der Waals surface area (Å²) in [4.78, 5) is 18.3. The zero-order chi connectivity index (χ0) is 17.6. The Hall–Kier alpha value is -2.28. The van der Waals surface area contributed by atoms with Crippen LogP contribution in [-0.2, 0) is 4.79 Å². The van der Waals surface area contributed by atoms with Gasteiger partial charge in [0.15, 0.2) is 18.1 Å². The number of hydrogen-bond acceptors (Lipinski definition) is 5. The Morgan fingerprint density at radius 1 is 1.28 bits per heavy atom. The molecule has 0 saturated carbocycles. The van der Waals surface area contributed by atoms with Crippen LogP contribution in [0, 0.1) is 0 Å². The normalized spacial score (nSPS) is 16.6. The summed E-state index contributed by atoms with van der Waals surface area (Å²) in [5.74, 6) is 1.64. The summed E-state index contributed by atoms with van der Waals surface area (Å²) in [5.41, 5.74) is 0. The number of likely N-dealkylation sites (tertiary alicyclic amines) is 1. The third-order valence-electron chi connectivity index (χ3n) is 3.92. The molecule has 132 valence electrons. The third kappa shape index (κ3) is 4.42. The average Bonchev–Trinajstić information content (AvgIpc) is 3.10. The number of pyridine rings is 1. The fourth-order valence-electron chi connectivity index (χ4n) is 2.64. The Morgan fingerprint density at radius 3 is 2.84 bits per heavy atom. The molecule has 1 fully saturated rings. The van der Waals surface area contributed by atoms with Crippen molar-refractivity contribution in [1.82, 2.24) is 9.88 Å². The largest absolute Gasteiger partial charge is 0.493 e. The number of benzene rings is 1. The molecule has 1 saturated heterocycles. The Morgan fingerprint density at radius 2 is 2.08 bits per heavy atom. The second kappa shape index (κ2) is 8.20. The van der Waals surface area contributed by atoms with E-state index >= 15 is 0 Å². The van der Waals surface area contributed by atoms with Gasteiger partial charge in [-0.05, 0) is 40.2 Å². The maximum absolute atomic E-state index is 12.4. The molecule has 6 nitrogen and oxygen atoms in total. The van der Waals surface area contributed by atoms with E-state index in [2.05, 4.69) is 20.9 Å². The van der Waals surface area contributed by atoms with Crippen LogP contribution in [0.25, 0.3) is 0 Å². The van der Waals surface area contributed by atoms with Gasteiger partial charge in [0.05, 0.1) is 18.1 Å². The van der Waals surface area contributed by atoms with Gasteiger partial charge in [0.2, 0.25) is 5.88 Å². The van der Waals surface area contributed by atoms with E-state index in [-0.39, 0.29) is 18.6 Å². The first-order chi connectivity index (χ1) is 12.2. The van der Waals surface area contributed by atoms with Gasteiger partial charge in [0, 0.05) is 19.2 Å². The molecule has 0 bridgehead atoms. The molecule has 0 spiro atoms. The molecular weight excluding hydrogens is 388 g/mol. The van der Waals surface area contributed by atoms with Crippen molar-refractivity contribution in [2.75, 3.05) is 26.8 Å². The number of amides is 1. The molecular formula is C18H19BrN2O4. The van der Waals surface area contributed by atoms with Crippen LogP contribution < -0.4 is 14.2 Å². The van der Waals surface area contributed by atoms with Crippen molar-refractivity contribution < 1.29 is 19.0 Å². The number of carbonyl (C=O) groups excluding carboxylic acids is 1. The molecule has 1 aliphatic rings. The van der Waals surface area contributed by atoms with Gasteiger partial charge in [0.25, 0.3) is 5.91 Å². The molecule has 3 rings (SSSR count). The fraction of sp³-hybridized carbons (Fsp3) is 0.333. The second-order valence-electron chi connectivity index (χ2n) is 5.60. The van der Waals surface area contributed by atoms with E-state index in [0.29, 0.717) is 30.5 Å². The topological polar surface area (TPSA) is 60.9 Å². The van der Waals surface area contributed by atoms with Crippen LogP contribution in [0.1, 0.15) is 6.42 Å². The molecule has 0 aliphatic carbocycles. The fourth-order valence-corrected chi connectivity index (χ4v) is 2.98. The highest BCUT2D eigenvalue weighted by atomic mass is 79.9. The highest BCUT2D eigenvalue weighted by molar-refractivity contribution is 9.10. The number of rotatable bonds is 6. The summed E-state index contributed by atoms with van der Waals surface area (Å²) in [6, 6.07) is 11.0. The number of nitrogens with zero attached hydrogens (tertiary/aromatic N) is 2. The summed E-state index contributed by atoms with van der Waals surface area (Å²) >= 11 is 3.41. The van der Waals surface area contributed by atoms with Crippen molar-refractivity contribution in [3.63, 3.8) is 0 Å². The molecule has 1 aliphatic heterocycles. The van der Waals surface area contributed by atoms with Crippen LogP contribution in [0.5, 0.6) is 17.4 Å². The summed E-state index contributed by atoms with van der Waals surface area (Å²) < 4.78 is 17.5. The zero-order valence-corrected chi connectivity index (χ0v) is 15.4. The van der Waals surface area contributed by atoms with E-state index in [1.807, 2.05) is 24.3 Å². The van der Waals surface area contributed by atoms with Crippen LogP contribution in [0.3, 0.4) is 0 Å². The molecule has 7 heteroatoms. The number of para-hydroxylation sites is 2. The summed E-state index contributed by atoms with van der Waals surface area (Å²) in [6.07, 6.45) is 2.38. The van der Waals surface area contributed by atoms with Crippen molar-refractivity contribution in [3.8, 4) is 17.4 Å². The van der Waals surface area contributed by atoms with Crippen molar-refractivity contribution in [2.45, 2.75) is 12.5 Å². The van der Waals surface area contributed by atoms with Crippen LogP contribution in [0.4, 0.5) is 0 Å². The van der Waals surface area contributed by atoms with E-state index in [0.717, 1.165) is 10.9 Å². The van der Waals surface area contributed by atoms with Gasteiger partial charge in [-0.25, -0.2) is 4.98 Å². The van der Waals surface area contributed by atoms with Gasteiger partial charge in [-0.15, -0.1) is 0 Å². The second-order valence-corrected chi connectivity index (χ2v) is 6.45. The minimum absolute atomic E-state index is 0.0274. The zero-order valence-electron chi connectivity index (χ0n) is 13.9. The van der Waals surface area contributed by atoms with Gasteiger partial charge < -0.3 is 19.1 Å². The van der Waals surface area contributed by atoms with Crippen LogP contribution >= 0.6 is 15.9 Å². The van der Waals surface area contributed by atoms with E-state index in [1.165, 1.54) is 0 Å². The SMILES string of the molecule is COc1ccccc1OCC(=O)N1CCC(Oc2ncccc2Br)C1. The van der Waals surface area contributed by atoms with E-state index < -0.39 is 0 Å². The molecule has 1 unspecified atom stereocenters. The minimum atomic E-state index is -0.0721. The van der Waals surface area contributed by atoms with Gasteiger partial charge in [-0.2, -0.15) is 0 Å². The maximum Gasteiger partial charge on any atom is 0.260 e. The number of carbonyl (C=O) groups is 1. The molecule has 1 atom stereocenters. The first kappa shape index (κ1) is 17.5. The van der Waals surface area contributed by atoms with Gasteiger partial charge >= 0.3 is 0 Å². The van der Waals surface area contributed by atoms with Gasteiger partial charge in [0.1, 0.15) is 6.10 Å². The number of ether oxygens (including phenoxy) is 3. The maximum atomic E-state index is 12.4. The van der Waals surface area contributed by atoms with E-state index in [9.17, 15) is 4.79 Å². The first-order valence-corrected chi connectivity index (χ1v) is 8.77. The monoisotopic (exact) mass is 406 g/mol. The van der Waals surface area contributed by atoms with Crippen LogP contribution in [0.2, 0.25) is 0 Å². The number of methoxy groups -OCH3 is 1. The highest BCUT2D eigenvalue weighted by Crippen LogP contribution is 2.26. The van der Waals surface area contributed by atoms with Crippen molar-refractivity contribution in [2.24, 2.45) is 0 Å². The molecule has 1 aromatic heterocycles. The predicted octanol–water partition coefficient (Wildman–Crippen LogP) is 2.91. The lowest BCUT2D eigenvalue weighted by Gasteiger charge is -2.18. The molecule has 1 amide bonds. The number of aromatic nitrogens is 1. The van der Waals surface area contributed by atoms with Gasteiger partial charge in [-0.3, -0.25) is 4.79 Å². The summed E-state index contributed by atoms with van der Waals surface area (Å²) in [7, 11) is 1.57. The molecule has 1 aromatic carbocycles. The average molecular weight is 407 g/mol. The minimum Gasteiger partial charge on any atom is -0.493 e. The molecule has 0 N–H and O–H groups in total. The Labute approximate surface area is 154 Å². The standard InChI is InChI=1S/C18H19BrN2O4/c1-23-15-6-2-3-7-16(15)24-12-17(22)21-10-8-13(11-21)25-18-14(19)5-4-9-20-18/h2-7,9,13H,8,10-12H2,1H3. The van der Waals surface area contributed by atoms with E-state index in [1.54, 1.807) is 30.3 Å². The van der Waals surface area contributed by atoms with E-state index in [4.69, 9.17) is 14.2 Å². The van der Waals surface area contributed by atoms with Crippen molar-refractivity contribution in [1.29, 1.82) is 0 Å². The van der Waals surface area contributed by atoms with Crippen LogP contribution in [-0.4, -0.2) is 48.7 Å². The smallest absolute Gasteiger partial charge is 0.260 e. The Balaban J connectivity index is 1.51. The Bertz CT molecular complexity index is 741. The lowest BCUT2D eigenvalue weighted by Crippen LogP contribution is -2.34. The quantitative estimate of drug-likeness (QED) is 0.737. The lowest BCUT2D eigenvalue weighted by atomic mass is 10.3. The number of halogens is 1. The predicted molar refractivity (Wildman–Crippen MR) is 96.0 cm³/mol. The van der Waals surface area contributed by atoms with Crippen molar-refractivity contribution in [3.05, 3.63) is 47.1 Å². The molecule has 25 heavy (non-hydrogen) atoms. The lowest BCUT2D eigenvalue weighted by molar-refractivity contribution is -0.132. The summed E-state index contributed by atoms with van der Waals surface area (Å²) in [6.45, 7) is 1.14.